The Morgan fingerprint density at radius 1 is 0.734 bits per heavy atom. The van der Waals surface area contributed by atoms with Gasteiger partial charge in [0.2, 0.25) is 0 Å². The molecule has 5 rings (SSSR count). The Morgan fingerprint density at radius 2 is 1.33 bits per heavy atom. The monoisotopic (exact) mass is 897 g/mol. The van der Waals surface area contributed by atoms with Crippen LogP contribution in [0.4, 0.5) is 0 Å². The summed E-state index contributed by atoms with van der Waals surface area (Å²) in [5, 5.41) is 32.6. The Morgan fingerprint density at radius 3 is 1.91 bits per heavy atom. The summed E-state index contributed by atoms with van der Waals surface area (Å²) >= 11 is 0. The van der Waals surface area contributed by atoms with Crippen LogP contribution in [0.2, 0.25) is 0 Å². The molecule has 5 aliphatic rings. The van der Waals surface area contributed by atoms with Gasteiger partial charge in [-0.25, -0.2) is 0 Å². The Kier molecular flexibility index (Phi) is 22.7. The summed E-state index contributed by atoms with van der Waals surface area (Å²) < 4.78 is 18.1. The van der Waals surface area contributed by atoms with Crippen molar-refractivity contribution in [3.63, 3.8) is 0 Å². The van der Waals surface area contributed by atoms with Crippen molar-refractivity contribution in [3.05, 3.63) is 23.8 Å². The molecule has 0 aromatic rings. The van der Waals surface area contributed by atoms with Gasteiger partial charge in [-0.2, -0.15) is 0 Å². The van der Waals surface area contributed by atoms with E-state index in [1.165, 1.54) is 140 Å². The second-order valence-electron chi connectivity index (χ2n) is 22.9. The SMILES string of the molecule is CCCCCCCCCCCCCCCCCCCCCC(=O)OCC1OC(OC2CCC3(C)C(=CCC4C3CCC3(C)C(C(C)/C=C/C(CC)C(C)C)CCC43)C2)C(O)C(O)C1O. The third kappa shape index (κ3) is 14.6. The fourth-order valence-corrected chi connectivity index (χ4v) is 13.9. The van der Waals surface area contributed by atoms with E-state index in [1.54, 1.807) is 0 Å². The lowest BCUT2D eigenvalue weighted by atomic mass is 9.47. The number of ether oxygens (including phenoxy) is 3. The van der Waals surface area contributed by atoms with E-state index in [2.05, 4.69) is 66.7 Å². The van der Waals surface area contributed by atoms with E-state index in [-0.39, 0.29) is 24.1 Å². The predicted molar refractivity (Wildman–Crippen MR) is 263 cm³/mol. The molecule has 64 heavy (non-hydrogen) atoms. The Hall–Kier alpha value is -1.25. The largest absolute Gasteiger partial charge is 0.463 e. The third-order valence-corrected chi connectivity index (χ3v) is 18.1. The van der Waals surface area contributed by atoms with Crippen molar-refractivity contribution in [2.24, 2.45) is 52.3 Å². The topological polar surface area (TPSA) is 105 Å². The van der Waals surface area contributed by atoms with E-state index >= 15 is 0 Å². The van der Waals surface area contributed by atoms with E-state index in [4.69, 9.17) is 14.2 Å². The summed E-state index contributed by atoms with van der Waals surface area (Å²) in [4.78, 5) is 12.7. The number of rotatable bonds is 29. The quantitative estimate of drug-likeness (QED) is 0.0390. The van der Waals surface area contributed by atoms with Crippen LogP contribution in [0.1, 0.15) is 235 Å². The fourth-order valence-electron chi connectivity index (χ4n) is 13.9. The van der Waals surface area contributed by atoms with Gasteiger partial charge in [-0.15, -0.1) is 0 Å². The number of hydrogen-bond acceptors (Lipinski definition) is 7. The lowest BCUT2D eigenvalue weighted by Gasteiger charge is -2.58. The number of carbonyl (C=O) groups is 1. The molecule has 1 heterocycles. The molecule has 0 spiro atoms. The highest BCUT2D eigenvalue weighted by atomic mass is 16.7. The number of hydrogen-bond donors (Lipinski definition) is 3. The van der Waals surface area contributed by atoms with Gasteiger partial charge in [0.05, 0.1) is 6.10 Å². The van der Waals surface area contributed by atoms with E-state index in [0.717, 1.165) is 62.7 Å². The molecule has 0 amide bonds. The maximum Gasteiger partial charge on any atom is 0.305 e. The zero-order valence-electron chi connectivity index (χ0n) is 42.4. The zero-order valence-corrected chi connectivity index (χ0v) is 42.4. The van der Waals surface area contributed by atoms with Crippen LogP contribution in [0, 0.1) is 52.3 Å². The first-order valence-electron chi connectivity index (χ1n) is 27.7. The van der Waals surface area contributed by atoms with Gasteiger partial charge in [0.25, 0.3) is 0 Å². The Balaban J connectivity index is 0.965. The molecule has 4 fully saturated rings. The summed E-state index contributed by atoms with van der Waals surface area (Å²) in [6.45, 7) is 16.8. The lowest BCUT2D eigenvalue weighted by molar-refractivity contribution is -0.313. The molecule has 3 N–H and O–H groups in total. The molecule has 0 aromatic heterocycles. The van der Waals surface area contributed by atoms with Gasteiger partial charge in [-0.05, 0) is 116 Å². The van der Waals surface area contributed by atoms with Crippen molar-refractivity contribution < 1.29 is 34.3 Å². The zero-order chi connectivity index (χ0) is 46.1. The molecular weight excluding hydrogens is 797 g/mol. The normalized spacial score (nSPS) is 34.9. The number of allylic oxidation sites excluding steroid dienone is 3. The van der Waals surface area contributed by atoms with Crippen LogP contribution in [-0.2, 0) is 19.0 Å². The van der Waals surface area contributed by atoms with Crippen molar-refractivity contribution in [1.82, 2.24) is 0 Å². The molecule has 3 saturated carbocycles. The van der Waals surface area contributed by atoms with Crippen LogP contribution >= 0.6 is 0 Å². The van der Waals surface area contributed by atoms with Crippen LogP contribution in [0.15, 0.2) is 23.8 Å². The number of esters is 1. The minimum absolute atomic E-state index is 0.148. The van der Waals surface area contributed by atoms with E-state index < -0.39 is 30.7 Å². The van der Waals surface area contributed by atoms with Crippen LogP contribution in [0.25, 0.3) is 0 Å². The van der Waals surface area contributed by atoms with Crippen LogP contribution in [0.3, 0.4) is 0 Å². The molecule has 7 heteroatoms. The van der Waals surface area contributed by atoms with Crippen molar-refractivity contribution >= 4 is 5.97 Å². The van der Waals surface area contributed by atoms with E-state index in [9.17, 15) is 20.1 Å². The molecule has 4 aliphatic carbocycles. The van der Waals surface area contributed by atoms with Crippen LogP contribution in [0.5, 0.6) is 0 Å². The van der Waals surface area contributed by atoms with E-state index in [1.807, 2.05) is 0 Å². The first-order valence-corrected chi connectivity index (χ1v) is 27.7. The minimum Gasteiger partial charge on any atom is -0.463 e. The summed E-state index contributed by atoms with van der Waals surface area (Å²) in [6.07, 6.45) is 36.8. The second-order valence-corrected chi connectivity index (χ2v) is 22.9. The maximum atomic E-state index is 12.7. The number of fused-ring (bicyclic) bond motifs is 5. The van der Waals surface area contributed by atoms with Gasteiger partial charge in [0.1, 0.15) is 31.0 Å². The second kappa shape index (κ2) is 27.1. The van der Waals surface area contributed by atoms with Crippen LogP contribution in [-0.4, -0.2) is 64.7 Å². The fraction of sp³-hybridized carbons (Fsp3) is 0.912. The molecule has 1 saturated heterocycles. The van der Waals surface area contributed by atoms with Crippen molar-refractivity contribution in [3.8, 4) is 0 Å². The number of aliphatic hydroxyl groups excluding tert-OH is 3. The van der Waals surface area contributed by atoms with Crippen LogP contribution < -0.4 is 0 Å². The Bertz CT molecular complexity index is 1390. The Labute approximate surface area is 393 Å². The molecule has 7 nitrogen and oxygen atoms in total. The first kappa shape index (κ1) is 53.7. The van der Waals surface area contributed by atoms with Gasteiger partial charge in [-0.1, -0.05) is 188 Å². The molecular formula is C57H100O7. The third-order valence-electron chi connectivity index (χ3n) is 18.1. The molecule has 0 bridgehead atoms. The minimum atomic E-state index is -1.45. The average Bonchev–Trinajstić information content (AvgIpc) is 3.64. The molecule has 0 radical (unpaired) electrons. The van der Waals surface area contributed by atoms with Gasteiger partial charge < -0.3 is 29.5 Å². The van der Waals surface area contributed by atoms with E-state index in [0.29, 0.717) is 35.5 Å². The standard InChI is InChI=1S/C57H100O7/c1-8-10-11-12-13-14-15-16-17-18-19-20-21-22-23-24-25-26-27-28-51(58)62-40-50-52(59)53(60)54(61)55(64-50)63-45-35-37-56(6)44(39-45)31-32-46-48-34-33-47(57(48,7)38-36-49(46)56)42(5)29-30-43(9-2)41(3)4/h29-31,41-43,45-50,52-55,59-61H,8-28,32-40H2,1-7H3/b30-29+. The molecule has 14 unspecified atom stereocenters. The number of aliphatic hydroxyl groups is 3. The highest BCUT2D eigenvalue weighted by Gasteiger charge is 2.59. The summed E-state index contributed by atoms with van der Waals surface area (Å²) in [5.74, 6) is 4.62. The smallest absolute Gasteiger partial charge is 0.305 e. The summed E-state index contributed by atoms with van der Waals surface area (Å²) in [7, 11) is 0. The first-order chi connectivity index (χ1) is 30.8. The maximum absolute atomic E-state index is 12.7. The molecule has 14 atom stereocenters. The van der Waals surface area contributed by atoms with Crippen molar-refractivity contribution in [1.29, 1.82) is 0 Å². The van der Waals surface area contributed by atoms with Gasteiger partial charge >= 0.3 is 5.97 Å². The number of unbranched alkanes of at least 4 members (excludes halogenated alkanes) is 18. The van der Waals surface area contributed by atoms with Crippen molar-refractivity contribution in [2.45, 2.75) is 271 Å². The van der Waals surface area contributed by atoms with Gasteiger partial charge in [-0.3, -0.25) is 4.79 Å². The highest BCUT2D eigenvalue weighted by Crippen LogP contribution is 2.67. The lowest BCUT2D eigenvalue weighted by Crippen LogP contribution is -2.60. The summed E-state index contributed by atoms with van der Waals surface area (Å²) in [6, 6.07) is 0. The van der Waals surface area contributed by atoms with Gasteiger partial charge in [0.15, 0.2) is 6.29 Å². The van der Waals surface area contributed by atoms with Crippen molar-refractivity contribution in [2.75, 3.05) is 6.61 Å². The van der Waals surface area contributed by atoms with Gasteiger partial charge in [0, 0.05) is 6.42 Å². The molecule has 1 aliphatic heterocycles. The average molecular weight is 897 g/mol. The highest BCUT2D eigenvalue weighted by molar-refractivity contribution is 5.69. The molecule has 0 aromatic carbocycles. The summed E-state index contributed by atoms with van der Waals surface area (Å²) in [5.41, 5.74) is 2.05. The number of carbonyl (C=O) groups excluding carboxylic acids is 1. The molecule has 370 valence electrons. The predicted octanol–water partition coefficient (Wildman–Crippen LogP) is 14.0.